The smallest absolute Gasteiger partial charge is 0.390 e. The molecule has 3 rings (SSSR count). The number of aromatic nitrogens is 4. The Balaban J connectivity index is 1.92. The standard InChI is InChI=1S/C10H14N5O8P/c11-9-13-7-6(8(17)14-9)12-10(18)15(7)5-1-3(16)4(23-5)2-22-24(19,20)21/h3-5,16H,1-2H2,(H,12,18)(H2,19,20,21)(H3,11,13,14,17)/t3-,4+,5-/m1/s1. The summed E-state index contributed by atoms with van der Waals surface area (Å²) in [5.41, 5.74) is 3.94. The fraction of sp³-hybridized carbons (Fsp3) is 0.500. The molecule has 1 aliphatic heterocycles. The zero-order valence-electron chi connectivity index (χ0n) is 11.9. The number of aliphatic hydroxyl groups excluding tert-OH is 1. The summed E-state index contributed by atoms with van der Waals surface area (Å²) < 4.78 is 21.4. The van der Waals surface area contributed by atoms with Gasteiger partial charge in [-0.15, -0.1) is 0 Å². The quantitative estimate of drug-likeness (QED) is 0.322. The molecular weight excluding hydrogens is 349 g/mol. The minimum absolute atomic E-state index is 0.0602. The lowest BCUT2D eigenvalue weighted by molar-refractivity contribution is -0.0433. The molecule has 0 spiro atoms. The molecule has 1 aliphatic rings. The normalized spacial score (nSPS) is 24.7. The number of imidazole rings is 1. The fourth-order valence-electron chi connectivity index (χ4n) is 2.49. The van der Waals surface area contributed by atoms with E-state index in [9.17, 15) is 19.3 Å². The molecule has 0 amide bonds. The van der Waals surface area contributed by atoms with Gasteiger partial charge in [0, 0.05) is 6.42 Å². The lowest BCUT2D eigenvalue weighted by Crippen LogP contribution is -2.26. The maximum Gasteiger partial charge on any atom is 0.469 e. The highest BCUT2D eigenvalue weighted by Gasteiger charge is 2.38. The Labute approximate surface area is 132 Å². The Bertz CT molecular complexity index is 927. The number of H-pyrrole nitrogens is 2. The highest BCUT2D eigenvalue weighted by Crippen LogP contribution is 2.38. The van der Waals surface area contributed by atoms with Gasteiger partial charge in [0.2, 0.25) is 5.95 Å². The minimum atomic E-state index is -4.73. The second-order valence-corrected chi connectivity index (χ2v) is 6.41. The maximum atomic E-state index is 12.1. The molecule has 7 N–H and O–H groups in total. The average molecular weight is 363 g/mol. The third-order valence-electron chi connectivity index (χ3n) is 3.50. The molecule has 2 aromatic rings. The number of nitrogen functional groups attached to an aromatic ring is 1. The number of aromatic amines is 2. The van der Waals surface area contributed by atoms with Gasteiger partial charge in [-0.1, -0.05) is 0 Å². The Hall–Kier alpha value is -2.02. The highest BCUT2D eigenvalue weighted by atomic mass is 31.2. The number of aliphatic hydroxyl groups is 1. The summed E-state index contributed by atoms with van der Waals surface area (Å²) in [6, 6.07) is 0. The summed E-state index contributed by atoms with van der Waals surface area (Å²) in [5, 5.41) is 9.93. The minimum Gasteiger partial charge on any atom is -0.390 e. The van der Waals surface area contributed by atoms with Gasteiger partial charge in [-0.05, 0) is 0 Å². The van der Waals surface area contributed by atoms with Crippen LogP contribution < -0.4 is 17.0 Å². The summed E-state index contributed by atoms with van der Waals surface area (Å²) in [6.07, 6.45) is -3.30. The Morgan fingerprint density at radius 3 is 2.79 bits per heavy atom. The average Bonchev–Trinajstić information content (AvgIpc) is 2.96. The SMILES string of the molecule is Nc1nc2c([nH]c(=O)n2[C@H]2C[C@@H](O)[C@H](COP(=O)(O)O)O2)c(=O)[nH]1. The first kappa shape index (κ1) is 16.8. The van der Waals surface area contributed by atoms with Crippen LogP contribution >= 0.6 is 7.82 Å². The van der Waals surface area contributed by atoms with Gasteiger partial charge < -0.3 is 25.4 Å². The van der Waals surface area contributed by atoms with Crippen molar-refractivity contribution in [3.8, 4) is 0 Å². The maximum absolute atomic E-state index is 12.1. The summed E-state index contributed by atoms with van der Waals surface area (Å²) >= 11 is 0. The Morgan fingerprint density at radius 1 is 1.42 bits per heavy atom. The molecule has 1 fully saturated rings. The number of hydrogen-bond donors (Lipinski definition) is 6. The lowest BCUT2D eigenvalue weighted by atomic mass is 10.2. The molecule has 3 atom stereocenters. The zero-order chi connectivity index (χ0) is 17.6. The molecule has 132 valence electrons. The van der Waals surface area contributed by atoms with Crippen molar-refractivity contribution >= 4 is 24.9 Å². The van der Waals surface area contributed by atoms with Crippen molar-refractivity contribution < 1.29 is 28.7 Å². The molecule has 0 saturated carbocycles. The molecule has 0 radical (unpaired) electrons. The first-order chi connectivity index (χ1) is 11.2. The first-order valence-corrected chi connectivity index (χ1v) is 8.22. The molecule has 0 bridgehead atoms. The predicted molar refractivity (Wildman–Crippen MR) is 77.9 cm³/mol. The topological polar surface area (TPSA) is 206 Å². The number of phosphoric ester groups is 1. The van der Waals surface area contributed by atoms with Crippen LogP contribution in [0, 0.1) is 0 Å². The molecule has 0 unspecified atom stereocenters. The van der Waals surface area contributed by atoms with E-state index in [2.05, 4.69) is 19.5 Å². The van der Waals surface area contributed by atoms with Crippen LogP contribution in [-0.4, -0.2) is 53.2 Å². The monoisotopic (exact) mass is 363 g/mol. The van der Waals surface area contributed by atoms with Crippen LogP contribution in [0.3, 0.4) is 0 Å². The van der Waals surface area contributed by atoms with Gasteiger partial charge in [-0.3, -0.25) is 19.3 Å². The van der Waals surface area contributed by atoms with E-state index in [-0.39, 0.29) is 23.5 Å². The van der Waals surface area contributed by atoms with E-state index in [1.54, 1.807) is 0 Å². The second-order valence-electron chi connectivity index (χ2n) is 5.17. The number of phosphoric acid groups is 1. The van der Waals surface area contributed by atoms with Crippen LogP contribution in [0.2, 0.25) is 0 Å². The van der Waals surface area contributed by atoms with Gasteiger partial charge in [0.25, 0.3) is 5.56 Å². The largest absolute Gasteiger partial charge is 0.469 e. The molecule has 2 aromatic heterocycles. The number of fused-ring (bicyclic) bond motifs is 1. The van der Waals surface area contributed by atoms with Crippen molar-refractivity contribution in [2.75, 3.05) is 12.3 Å². The van der Waals surface area contributed by atoms with E-state index < -0.39 is 44.1 Å². The van der Waals surface area contributed by atoms with Gasteiger partial charge in [0.15, 0.2) is 11.2 Å². The van der Waals surface area contributed by atoms with E-state index >= 15 is 0 Å². The number of ether oxygens (including phenoxy) is 1. The van der Waals surface area contributed by atoms with Gasteiger partial charge in [-0.2, -0.15) is 4.98 Å². The Kier molecular flexibility index (Phi) is 4.07. The van der Waals surface area contributed by atoms with E-state index in [1.165, 1.54) is 0 Å². The lowest BCUT2D eigenvalue weighted by Gasteiger charge is -2.15. The van der Waals surface area contributed by atoms with Crippen LogP contribution in [0.1, 0.15) is 12.6 Å². The molecule has 0 aliphatic carbocycles. The molecule has 14 heteroatoms. The summed E-state index contributed by atoms with van der Waals surface area (Å²) in [6.45, 7) is -0.574. The fourth-order valence-corrected chi connectivity index (χ4v) is 2.83. The second kappa shape index (κ2) is 5.81. The van der Waals surface area contributed by atoms with Gasteiger partial charge in [-0.25, -0.2) is 13.9 Å². The summed E-state index contributed by atoms with van der Waals surface area (Å²) in [7, 11) is -4.73. The van der Waals surface area contributed by atoms with E-state index in [0.29, 0.717) is 0 Å². The van der Waals surface area contributed by atoms with Crippen molar-refractivity contribution in [1.82, 2.24) is 19.5 Å². The molecule has 24 heavy (non-hydrogen) atoms. The van der Waals surface area contributed by atoms with Crippen molar-refractivity contribution in [2.24, 2.45) is 0 Å². The molecule has 0 aromatic carbocycles. The van der Waals surface area contributed by atoms with E-state index in [0.717, 1.165) is 4.57 Å². The van der Waals surface area contributed by atoms with Crippen LogP contribution in [0.25, 0.3) is 11.2 Å². The first-order valence-electron chi connectivity index (χ1n) is 6.69. The molecule has 1 saturated heterocycles. The van der Waals surface area contributed by atoms with Crippen LogP contribution in [0.5, 0.6) is 0 Å². The van der Waals surface area contributed by atoms with Crippen LogP contribution in [0.4, 0.5) is 5.95 Å². The highest BCUT2D eigenvalue weighted by molar-refractivity contribution is 7.46. The third-order valence-corrected chi connectivity index (χ3v) is 3.98. The summed E-state index contributed by atoms with van der Waals surface area (Å²) in [5.74, 6) is -0.208. The zero-order valence-corrected chi connectivity index (χ0v) is 12.8. The molecular formula is C10H14N5O8P. The number of nitrogens with two attached hydrogens (primary N) is 1. The van der Waals surface area contributed by atoms with Gasteiger partial charge in [0.1, 0.15) is 12.3 Å². The number of nitrogens with one attached hydrogen (secondary N) is 2. The van der Waals surface area contributed by atoms with E-state index in [4.69, 9.17) is 20.3 Å². The van der Waals surface area contributed by atoms with Crippen molar-refractivity contribution in [1.29, 1.82) is 0 Å². The van der Waals surface area contributed by atoms with Gasteiger partial charge in [0.05, 0.1) is 12.7 Å². The molecule has 13 nitrogen and oxygen atoms in total. The number of anilines is 1. The van der Waals surface area contributed by atoms with Crippen molar-refractivity contribution in [3.63, 3.8) is 0 Å². The Morgan fingerprint density at radius 2 is 2.12 bits per heavy atom. The van der Waals surface area contributed by atoms with E-state index in [1.807, 2.05) is 0 Å². The van der Waals surface area contributed by atoms with Crippen LogP contribution in [-0.2, 0) is 13.8 Å². The van der Waals surface area contributed by atoms with Crippen molar-refractivity contribution in [2.45, 2.75) is 24.9 Å². The molecule has 3 heterocycles. The number of hydrogen-bond acceptors (Lipinski definition) is 8. The predicted octanol–water partition coefficient (Wildman–Crippen LogP) is -2.25. The van der Waals surface area contributed by atoms with Crippen LogP contribution in [0.15, 0.2) is 9.59 Å². The summed E-state index contributed by atoms with van der Waals surface area (Å²) in [4.78, 5) is 49.6. The van der Waals surface area contributed by atoms with Gasteiger partial charge >= 0.3 is 13.5 Å². The third kappa shape index (κ3) is 3.13. The van der Waals surface area contributed by atoms with Crippen molar-refractivity contribution in [3.05, 3.63) is 20.8 Å². The number of nitrogens with zero attached hydrogens (tertiary/aromatic N) is 2. The number of rotatable bonds is 4.